The largest absolute Gasteiger partial charge is 0.407 e. The van der Waals surface area contributed by atoms with Crippen LogP contribution in [0, 0.1) is 0 Å². The maximum absolute atomic E-state index is 5.48. The van der Waals surface area contributed by atoms with Crippen molar-refractivity contribution < 1.29 is 4.42 Å². The van der Waals surface area contributed by atoms with Gasteiger partial charge in [0.05, 0.1) is 12.6 Å². The number of anilines is 1. The van der Waals surface area contributed by atoms with Gasteiger partial charge in [-0.05, 0) is 19.0 Å². The molecule has 5 nitrogen and oxygen atoms in total. The van der Waals surface area contributed by atoms with Gasteiger partial charge in [0.15, 0.2) is 0 Å². The van der Waals surface area contributed by atoms with Gasteiger partial charge in [-0.2, -0.15) is 0 Å². The Labute approximate surface area is 107 Å². The van der Waals surface area contributed by atoms with Gasteiger partial charge < -0.3 is 15.1 Å². The lowest BCUT2D eigenvalue weighted by Crippen LogP contribution is -2.11. The van der Waals surface area contributed by atoms with Gasteiger partial charge in [-0.15, -0.1) is 5.10 Å². The minimum absolute atomic E-state index is 0.138. The molecular weight excluding hydrogens is 228 g/mol. The normalized spacial score (nSPS) is 12.3. The molecule has 5 heteroatoms. The second-order valence-electron chi connectivity index (χ2n) is 4.06. The van der Waals surface area contributed by atoms with Crippen molar-refractivity contribution in [3.8, 4) is 0 Å². The third kappa shape index (κ3) is 3.30. The fourth-order valence-corrected chi connectivity index (χ4v) is 1.63. The lowest BCUT2D eigenvalue weighted by Gasteiger charge is -2.11. The van der Waals surface area contributed by atoms with Gasteiger partial charge >= 0.3 is 6.01 Å². The third-order valence-electron chi connectivity index (χ3n) is 2.63. The Morgan fingerprint density at radius 2 is 2.00 bits per heavy atom. The highest BCUT2D eigenvalue weighted by molar-refractivity contribution is 5.28. The van der Waals surface area contributed by atoms with Crippen LogP contribution in [0.15, 0.2) is 34.7 Å². The lowest BCUT2D eigenvalue weighted by atomic mass is 10.1. The van der Waals surface area contributed by atoms with Crippen LogP contribution in [0.25, 0.3) is 0 Å². The number of nitrogens with one attached hydrogen (secondary N) is 2. The summed E-state index contributed by atoms with van der Waals surface area (Å²) < 4.78 is 5.48. The van der Waals surface area contributed by atoms with Gasteiger partial charge in [0.2, 0.25) is 5.89 Å². The summed E-state index contributed by atoms with van der Waals surface area (Å²) in [5, 5.41) is 14.3. The van der Waals surface area contributed by atoms with Crippen molar-refractivity contribution in [3.63, 3.8) is 0 Å². The number of hydrogen-bond donors (Lipinski definition) is 2. The van der Waals surface area contributed by atoms with E-state index in [9.17, 15) is 0 Å². The topological polar surface area (TPSA) is 63.0 Å². The fourth-order valence-electron chi connectivity index (χ4n) is 1.63. The molecule has 0 bridgehead atoms. The summed E-state index contributed by atoms with van der Waals surface area (Å²) in [6.45, 7) is 5.58. The Morgan fingerprint density at radius 1 is 1.22 bits per heavy atom. The Kier molecular flexibility index (Phi) is 4.30. The first kappa shape index (κ1) is 12.6. The number of aromatic nitrogens is 2. The van der Waals surface area contributed by atoms with Crippen molar-refractivity contribution in [1.29, 1.82) is 0 Å². The molecule has 1 heterocycles. The zero-order valence-corrected chi connectivity index (χ0v) is 10.7. The molecule has 1 atom stereocenters. The fraction of sp³-hybridized carbons (Fsp3) is 0.385. The molecule has 18 heavy (non-hydrogen) atoms. The molecule has 96 valence electrons. The van der Waals surface area contributed by atoms with Gasteiger partial charge in [-0.1, -0.05) is 42.4 Å². The summed E-state index contributed by atoms with van der Waals surface area (Å²) in [6.07, 6.45) is 0. The minimum Gasteiger partial charge on any atom is -0.407 e. The van der Waals surface area contributed by atoms with Crippen LogP contribution in [-0.2, 0) is 6.54 Å². The summed E-state index contributed by atoms with van der Waals surface area (Å²) in [7, 11) is 0. The zero-order valence-electron chi connectivity index (χ0n) is 10.7. The third-order valence-corrected chi connectivity index (χ3v) is 2.63. The van der Waals surface area contributed by atoms with Crippen LogP contribution in [0.2, 0.25) is 0 Å². The highest BCUT2D eigenvalue weighted by Gasteiger charge is 2.09. The summed E-state index contributed by atoms with van der Waals surface area (Å²) >= 11 is 0. The quantitative estimate of drug-likeness (QED) is 0.819. The Bertz CT molecular complexity index is 469. The minimum atomic E-state index is 0.138. The summed E-state index contributed by atoms with van der Waals surface area (Å²) in [4.78, 5) is 0. The predicted octanol–water partition coefficient (Wildman–Crippen LogP) is 2.35. The Hall–Kier alpha value is -1.88. The highest BCUT2D eigenvalue weighted by Crippen LogP contribution is 2.17. The molecule has 2 aromatic rings. The van der Waals surface area contributed by atoms with E-state index >= 15 is 0 Å². The molecule has 0 spiro atoms. The summed E-state index contributed by atoms with van der Waals surface area (Å²) in [5.74, 6) is 0.597. The smallest absolute Gasteiger partial charge is 0.315 e. The average Bonchev–Trinajstić information content (AvgIpc) is 2.85. The van der Waals surface area contributed by atoms with E-state index in [2.05, 4.69) is 39.9 Å². The molecule has 0 aliphatic rings. The molecule has 0 amide bonds. The van der Waals surface area contributed by atoms with E-state index in [1.807, 2.05) is 25.1 Å². The van der Waals surface area contributed by atoms with E-state index in [-0.39, 0.29) is 6.04 Å². The second-order valence-corrected chi connectivity index (χ2v) is 4.06. The lowest BCUT2D eigenvalue weighted by molar-refractivity contribution is 0.478. The van der Waals surface area contributed by atoms with Crippen LogP contribution >= 0.6 is 0 Å². The Balaban J connectivity index is 1.95. The van der Waals surface area contributed by atoms with Crippen LogP contribution in [0.4, 0.5) is 6.01 Å². The molecule has 0 aliphatic carbocycles. The molecular formula is C13H18N4O. The van der Waals surface area contributed by atoms with Gasteiger partial charge in [0, 0.05) is 0 Å². The van der Waals surface area contributed by atoms with E-state index in [1.54, 1.807) is 0 Å². The molecule has 1 unspecified atom stereocenters. The first-order chi connectivity index (χ1) is 8.79. The standard InChI is InChI=1S/C13H18N4O/c1-3-14-9-12-16-17-13(18-12)15-10(2)11-7-5-4-6-8-11/h4-8,10,14H,3,9H2,1-2H3,(H,15,17). The van der Waals surface area contributed by atoms with Crippen molar-refractivity contribution in [2.24, 2.45) is 0 Å². The molecule has 0 fully saturated rings. The summed E-state index contributed by atoms with van der Waals surface area (Å²) in [6, 6.07) is 10.7. The highest BCUT2D eigenvalue weighted by atomic mass is 16.4. The number of hydrogen-bond acceptors (Lipinski definition) is 5. The van der Waals surface area contributed by atoms with Crippen LogP contribution in [0.3, 0.4) is 0 Å². The van der Waals surface area contributed by atoms with E-state index in [0.29, 0.717) is 18.5 Å². The molecule has 2 N–H and O–H groups in total. The van der Waals surface area contributed by atoms with Crippen LogP contribution in [0.5, 0.6) is 0 Å². The molecule has 0 saturated carbocycles. The molecule has 0 radical (unpaired) electrons. The molecule has 0 saturated heterocycles. The van der Waals surface area contributed by atoms with E-state index < -0.39 is 0 Å². The first-order valence-electron chi connectivity index (χ1n) is 6.14. The average molecular weight is 246 g/mol. The van der Waals surface area contributed by atoms with Crippen molar-refractivity contribution in [2.75, 3.05) is 11.9 Å². The van der Waals surface area contributed by atoms with E-state index in [4.69, 9.17) is 4.42 Å². The maximum Gasteiger partial charge on any atom is 0.315 e. The SMILES string of the molecule is CCNCc1nnc(NC(C)c2ccccc2)o1. The van der Waals surface area contributed by atoms with Crippen LogP contribution in [0.1, 0.15) is 31.3 Å². The molecule has 0 aliphatic heterocycles. The van der Waals surface area contributed by atoms with Crippen molar-refractivity contribution >= 4 is 6.01 Å². The summed E-state index contributed by atoms with van der Waals surface area (Å²) in [5.41, 5.74) is 1.18. The van der Waals surface area contributed by atoms with Crippen molar-refractivity contribution in [1.82, 2.24) is 15.5 Å². The molecule has 2 rings (SSSR count). The molecule has 1 aromatic carbocycles. The van der Waals surface area contributed by atoms with Gasteiger partial charge in [-0.25, -0.2) is 0 Å². The predicted molar refractivity (Wildman–Crippen MR) is 70.2 cm³/mol. The number of rotatable bonds is 6. The first-order valence-corrected chi connectivity index (χ1v) is 6.14. The maximum atomic E-state index is 5.48. The number of benzene rings is 1. The monoisotopic (exact) mass is 246 g/mol. The van der Waals surface area contributed by atoms with E-state index in [1.165, 1.54) is 5.56 Å². The van der Waals surface area contributed by atoms with Crippen molar-refractivity contribution in [3.05, 3.63) is 41.8 Å². The second kappa shape index (κ2) is 6.16. The van der Waals surface area contributed by atoms with Crippen LogP contribution in [-0.4, -0.2) is 16.7 Å². The molecule has 1 aromatic heterocycles. The van der Waals surface area contributed by atoms with Crippen LogP contribution < -0.4 is 10.6 Å². The Morgan fingerprint density at radius 3 is 2.72 bits per heavy atom. The number of nitrogens with zero attached hydrogens (tertiary/aromatic N) is 2. The van der Waals surface area contributed by atoms with E-state index in [0.717, 1.165) is 6.54 Å². The van der Waals surface area contributed by atoms with Gasteiger partial charge in [0.25, 0.3) is 0 Å². The van der Waals surface area contributed by atoms with Crippen molar-refractivity contribution in [2.45, 2.75) is 26.4 Å². The van der Waals surface area contributed by atoms with Gasteiger partial charge in [0.1, 0.15) is 0 Å². The zero-order chi connectivity index (χ0) is 12.8. The van der Waals surface area contributed by atoms with Gasteiger partial charge in [-0.3, -0.25) is 0 Å².